The molecule has 132 valence electrons. The highest BCUT2D eigenvalue weighted by atomic mass is 19.1. The van der Waals surface area contributed by atoms with Crippen molar-refractivity contribution in [3.8, 4) is 17.1 Å². The van der Waals surface area contributed by atoms with Gasteiger partial charge in [0, 0.05) is 37.0 Å². The molecule has 0 atom stereocenters. The maximum atomic E-state index is 13.4. The van der Waals surface area contributed by atoms with Crippen LogP contribution >= 0.6 is 0 Å². The van der Waals surface area contributed by atoms with Gasteiger partial charge in [0.1, 0.15) is 5.82 Å². The van der Waals surface area contributed by atoms with Crippen LogP contribution in [0.25, 0.3) is 11.3 Å². The molecule has 3 aromatic rings. The molecule has 4 rings (SSSR count). The van der Waals surface area contributed by atoms with Crippen molar-refractivity contribution in [2.24, 2.45) is 0 Å². The van der Waals surface area contributed by atoms with Crippen molar-refractivity contribution < 1.29 is 9.13 Å². The maximum Gasteiger partial charge on any atom is 0.267 e. The summed E-state index contributed by atoms with van der Waals surface area (Å²) in [5.74, 6) is 0.698. The van der Waals surface area contributed by atoms with E-state index in [1.165, 1.54) is 22.9 Å². The van der Waals surface area contributed by atoms with Gasteiger partial charge >= 0.3 is 0 Å². The Labute approximate surface area is 148 Å². The first kappa shape index (κ1) is 16.2. The fourth-order valence-corrected chi connectivity index (χ4v) is 2.86. The molecule has 0 spiro atoms. The third-order valence-electron chi connectivity index (χ3n) is 4.26. The Kier molecular flexibility index (Phi) is 4.08. The van der Waals surface area contributed by atoms with E-state index in [0.29, 0.717) is 36.2 Å². The molecule has 1 aliphatic heterocycles. The number of hydrogen-bond acceptors (Lipinski definition) is 6. The molecule has 0 radical (unpaired) electrons. The highest BCUT2D eigenvalue weighted by Gasteiger charge is 2.32. The highest BCUT2D eigenvalue weighted by molar-refractivity contribution is 5.58. The summed E-state index contributed by atoms with van der Waals surface area (Å²) >= 11 is 0. The predicted molar refractivity (Wildman–Crippen MR) is 93.7 cm³/mol. The van der Waals surface area contributed by atoms with Crippen LogP contribution in [0.5, 0.6) is 5.88 Å². The molecule has 1 aromatic carbocycles. The molecule has 1 aliphatic rings. The van der Waals surface area contributed by atoms with Crippen molar-refractivity contribution in [3.05, 3.63) is 64.8 Å². The SMILES string of the molecule is COc1ccnc(N2CC(n3nc(-c4cccc(F)c4)ccc3=O)C2)n1. The third kappa shape index (κ3) is 3.01. The molecule has 1 saturated heterocycles. The van der Waals surface area contributed by atoms with Crippen LogP contribution in [-0.4, -0.2) is 39.9 Å². The van der Waals surface area contributed by atoms with E-state index in [1.54, 1.807) is 37.6 Å². The van der Waals surface area contributed by atoms with Crippen molar-refractivity contribution in [1.29, 1.82) is 0 Å². The second-order valence-electron chi connectivity index (χ2n) is 5.97. The van der Waals surface area contributed by atoms with Crippen LogP contribution < -0.4 is 15.2 Å². The van der Waals surface area contributed by atoms with E-state index in [-0.39, 0.29) is 17.4 Å². The topological polar surface area (TPSA) is 73.1 Å². The summed E-state index contributed by atoms with van der Waals surface area (Å²) in [6.45, 7) is 1.12. The van der Waals surface area contributed by atoms with Crippen LogP contribution in [0.1, 0.15) is 6.04 Å². The van der Waals surface area contributed by atoms with Gasteiger partial charge in [0.25, 0.3) is 5.56 Å². The molecule has 26 heavy (non-hydrogen) atoms. The quantitative estimate of drug-likeness (QED) is 0.713. The first-order valence-corrected chi connectivity index (χ1v) is 8.12. The number of methoxy groups -OCH3 is 1. The molecule has 0 aliphatic carbocycles. The number of hydrogen-bond donors (Lipinski definition) is 0. The lowest BCUT2D eigenvalue weighted by Gasteiger charge is -2.39. The number of nitrogens with zero attached hydrogens (tertiary/aromatic N) is 5. The number of rotatable bonds is 4. The average Bonchev–Trinajstić information content (AvgIpc) is 2.62. The Morgan fingerprint density at radius 1 is 1.19 bits per heavy atom. The van der Waals surface area contributed by atoms with Gasteiger partial charge in [0.2, 0.25) is 11.8 Å². The van der Waals surface area contributed by atoms with Crippen LogP contribution in [0, 0.1) is 5.82 Å². The number of anilines is 1. The first-order valence-electron chi connectivity index (χ1n) is 8.12. The molecule has 2 aromatic heterocycles. The zero-order chi connectivity index (χ0) is 18.1. The Hall–Kier alpha value is -3.29. The largest absolute Gasteiger partial charge is 0.481 e. The van der Waals surface area contributed by atoms with Crippen molar-refractivity contribution in [1.82, 2.24) is 19.7 Å². The van der Waals surface area contributed by atoms with Crippen LogP contribution in [0.3, 0.4) is 0 Å². The lowest BCUT2D eigenvalue weighted by molar-refractivity contribution is 0.347. The second-order valence-corrected chi connectivity index (χ2v) is 5.97. The Balaban J connectivity index is 1.56. The van der Waals surface area contributed by atoms with Gasteiger partial charge in [-0.25, -0.2) is 14.1 Å². The van der Waals surface area contributed by atoms with Gasteiger partial charge in [0.05, 0.1) is 18.8 Å². The molecule has 8 heteroatoms. The summed E-state index contributed by atoms with van der Waals surface area (Å²) in [6, 6.07) is 10.8. The van der Waals surface area contributed by atoms with Gasteiger partial charge < -0.3 is 9.64 Å². The first-order chi connectivity index (χ1) is 12.6. The molecule has 0 unspecified atom stereocenters. The molecular formula is C18H16FN5O2. The maximum absolute atomic E-state index is 13.4. The van der Waals surface area contributed by atoms with E-state index in [0.717, 1.165) is 0 Å². The minimum atomic E-state index is -0.341. The number of benzene rings is 1. The van der Waals surface area contributed by atoms with E-state index in [9.17, 15) is 9.18 Å². The normalized spacial score (nSPS) is 14.2. The van der Waals surface area contributed by atoms with E-state index in [2.05, 4.69) is 15.1 Å². The summed E-state index contributed by atoms with van der Waals surface area (Å²) in [4.78, 5) is 22.6. The van der Waals surface area contributed by atoms with Crippen molar-refractivity contribution in [2.75, 3.05) is 25.1 Å². The highest BCUT2D eigenvalue weighted by Crippen LogP contribution is 2.25. The predicted octanol–water partition coefficient (Wildman–Crippen LogP) is 1.91. The van der Waals surface area contributed by atoms with Crippen molar-refractivity contribution >= 4 is 5.95 Å². The van der Waals surface area contributed by atoms with Gasteiger partial charge in [-0.2, -0.15) is 10.1 Å². The van der Waals surface area contributed by atoms with Gasteiger partial charge in [-0.15, -0.1) is 0 Å². The Morgan fingerprint density at radius 3 is 2.81 bits per heavy atom. The molecule has 0 N–H and O–H groups in total. The van der Waals surface area contributed by atoms with E-state index in [1.807, 2.05) is 4.90 Å². The fourth-order valence-electron chi connectivity index (χ4n) is 2.86. The van der Waals surface area contributed by atoms with E-state index >= 15 is 0 Å². The smallest absolute Gasteiger partial charge is 0.267 e. The van der Waals surface area contributed by atoms with Gasteiger partial charge in [-0.1, -0.05) is 12.1 Å². The van der Waals surface area contributed by atoms with Crippen LogP contribution in [0.2, 0.25) is 0 Å². The van der Waals surface area contributed by atoms with Gasteiger partial charge in [-0.3, -0.25) is 4.79 Å². The minimum Gasteiger partial charge on any atom is -0.481 e. The number of aromatic nitrogens is 4. The van der Waals surface area contributed by atoms with Gasteiger partial charge in [0.15, 0.2) is 0 Å². The fraction of sp³-hybridized carbons (Fsp3) is 0.222. The Morgan fingerprint density at radius 2 is 2.04 bits per heavy atom. The zero-order valence-corrected chi connectivity index (χ0v) is 14.0. The summed E-state index contributed by atoms with van der Waals surface area (Å²) < 4.78 is 20.0. The molecular weight excluding hydrogens is 337 g/mol. The van der Waals surface area contributed by atoms with Crippen LogP contribution in [0.4, 0.5) is 10.3 Å². The van der Waals surface area contributed by atoms with E-state index < -0.39 is 0 Å². The lowest BCUT2D eigenvalue weighted by atomic mass is 10.1. The molecule has 3 heterocycles. The minimum absolute atomic E-state index is 0.0918. The lowest BCUT2D eigenvalue weighted by Crippen LogP contribution is -2.51. The van der Waals surface area contributed by atoms with Crippen molar-refractivity contribution in [3.63, 3.8) is 0 Å². The number of halogens is 1. The van der Waals surface area contributed by atoms with Gasteiger partial charge in [-0.05, 0) is 18.2 Å². The molecule has 1 fully saturated rings. The Bertz CT molecular complexity index is 1000. The molecule has 0 bridgehead atoms. The standard InChI is InChI=1S/C18H16FN5O2/c1-26-16-7-8-20-18(21-16)23-10-14(11-23)24-17(25)6-5-15(22-24)12-3-2-4-13(19)9-12/h2-9,14H,10-11H2,1H3. The average molecular weight is 353 g/mol. The molecule has 0 amide bonds. The van der Waals surface area contributed by atoms with E-state index in [4.69, 9.17) is 4.74 Å². The monoisotopic (exact) mass is 353 g/mol. The number of ether oxygens (including phenoxy) is 1. The molecule has 0 saturated carbocycles. The third-order valence-corrected chi connectivity index (χ3v) is 4.26. The van der Waals surface area contributed by atoms with Crippen LogP contribution in [0.15, 0.2) is 53.5 Å². The zero-order valence-electron chi connectivity index (χ0n) is 14.0. The summed E-state index contributed by atoms with van der Waals surface area (Å²) in [5.41, 5.74) is 0.993. The molecule has 7 nitrogen and oxygen atoms in total. The summed E-state index contributed by atoms with van der Waals surface area (Å²) in [5, 5.41) is 4.41. The second kappa shape index (κ2) is 6.55. The van der Waals surface area contributed by atoms with Crippen LogP contribution in [-0.2, 0) is 0 Å². The summed E-state index contributed by atoms with van der Waals surface area (Å²) in [7, 11) is 1.55. The summed E-state index contributed by atoms with van der Waals surface area (Å²) in [6.07, 6.45) is 1.63. The van der Waals surface area contributed by atoms with Crippen molar-refractivity contribution in [2.45, 2.75) is 6.04 Å².